The van der Waals surface area contributed by atoms with E-state index in [0.29, 0.717) is 4.83 Å². The summed E-state index contributed by atoms with van der Waals surface area (Å²) in [5.41, 5.74) is 1.40. The van der Waals surface area contributed by atoms with Gasteiger partial charge in [-0.3, -0.25) is 0 Å². The summed E-state index contributed by atoms with van der Waals surface area (Å²) in [5.74, 6) is 0.747. The lowest BCUT2D eigenvalue weighted by Gasteiger charge is -2.17. The van der Waals surface area contributed by atoms with E-state index in [9.17, 15) is 0 Å². The third-order valence-corrected chi connectivity index (χ3v) is 5.11. The number of benzene rings is 2. The predicted octanol–water partition coefficient (Wildman–Crippen LogP) is 6.47. The molecule has 0 radical (unpaired) electrons. The van der Waals surface area contributed by atoms with Crippen LogP contribution < -0.4 is 0 Å². The van der Waals surface area contributed by atoms with E-state index in [1.54, 1.807) is 0 Å². The van der Waals surface area contributed by atoms with Crippen LogP contribution in [0.1, 0.15) is 37.1 Å². The molecule has 0 amide bonds. The highest BCUT2D eigenvalue weighted by molar-refractivity contribution is 9.10. The first-order chi connectivity index (χ1) is 8.63. The van der Waals surface area contributed by atoms with Crippen molar-refractivity contribution < 1.29 is 0 Å². The molecular weight excluding hydrogens is 352 g/mol. The highest BCUT2D eigenvalue weighted by atomic mass is 79.9. The molecule has 2 rings (SSSR count). The molecule has 0 N–H and O–H groups in total. The van der Waals surface area contributed by atoms with Crippen LogP contribution in [0.25, 0.3) is 10.8 Å². The Morgan fingerprint density at radius 3 is 2.39 bits per heavy atom. The highest BCUT2D eigenvalue weighted by Gasteiger charge is 2.14. The average Bonchev–Trinajstić information content (AvgIpc) is 2.39. The summed E-state index contributed by atoms with van der Waals surface area (Å²) in [5, 5.41) is 2.64. The lowest BCUT2D eigenvalue weighted by molar-refractivity contribution is 0.515. The van der Waals surface area contributed by atoms with E-state index in [1.807, 2.05) is 0 Å². The van der Waals surface area contributed by atoms with Crippen molar-refractivity contribution >= 4 is 42.6 Å². The first-order valence-electron chi connectivity index (χ1n) is 6.44. The van der Waals surface area contributed by atoms with Crippen LogP contribution in [0.15, 0.2) is 40.9 Å². The molecule has 0 aliphatic carbocycles. The molecule has 0 aliphatic heterocycles. The van der Waals surface area contributed by atoms with E-state index in [0.717, 1.165) is 5.92 Å². The predicted molar refractivity (Wildman–Crippen MR) is 87.4 cm³/mol. The Kier molecular flexibility index (Phi) is 4.85. The van der Waals surface area contributed by atoms with Crippen LogP contribution in [-0.4, -0.2) is 0 Å². The van der Waals surface area contributed by atoms with Gasteiger partial charge in [0.25, 0.3) is 0 Å². The van der Waals surface area contributed by atoms with Crippen molar-refractivity contribution in [3.63, 3.8) is 0 Å². The molecule has 2 aromatic carbocycles. The summed E-state index contributed by atoms with van der Waals surface area (Å²) >= 11 is 7.49. The standard InChI is InChI=1S/C16H18Br2/c1-3-11(2)10-16(18)14-8-9-15(17)13-7-5-4-6-12(13)14/h4-9,11,16H,3,10H2,1-2H3. The molecule has 2 atom stereocenters. The number of hydrogen-bond donors (Lipinski definition) is 0. The van der Waals surface area contributed by atoms with E-state index in [2.05, 4.69) is 82.1 Å². The zero-order chi connectivity index (χ0) is 13.1. The van der Waals surface area contributed by atoms with Gasteiger partial charge in [-0.2, -0.15) is 0 Å². The molecule has 0 aliphatic rings. The lowest BCUT2D eigenvalue weighted by atomic mass is 9.95. The number of hydrogen-bond acceptors (Lipinski definition) is 0. The van der Waals surface area contributed by atoms with Gasteiger partial charge in [0.15, 0.2) is 0 Å². The second-order valence-electron chi connectivity index (χ2n) is 4.90. The van der Waals surface area contributed by atoms with Gasteiger partial charge < -0.3 is 0 Å². The third kappa shape index (κ3) is 2.97. The fourth-order valence-corrected chi connectivity index (χ4v) is 3.72. The highest BCUT2D eigenvalue weighted by Crippen LogP contribution is 2.37. The average molecular weight is 370 g/mol. The van der Waals surface area contributed by atoms with Gasteiger partial charge in [0.05, 0.1) is 0 Å². The summed E-state index contributed by atoms with van der Waals surface area (Å²) in [6.45, 7) is 4.57. The molecular formula is C16H18Br2. The fourth-order valence-electron chi connectivity index (χ4n) is 2.21. The van der Waals surface area contributed by atoms with E-state index >= 15 is 0 Å². The minimum Gasteiger partial charge on any atom is -0.0838 e. The molecule has 0 heterocycles. The number of halogens is 2. The van der Waals surface area contributed by atoms with Crippen LogP contribution in [0.4, 0.5) is 0 Å². The van der Waals surface area contributed by atoms with Crippen LogP contribution >= 0.6 is 31.9 Å². The van der Waals surface area contributed by atoms with Crippen LogP contribution in [0, 0.1) is 5.92 Å². The summed E-state index contributed by atoms with van der Waals surface area (Å²) in [4.78, 5) is 0.436. The number of alkyl halides is 1. The Balaban J connectivity index is 2.42. The van der Waals surface area contributed by atoms with E-state index in [4.69, 9.17) is 0 Å². The van der Waals surface area contributed by atoms with Crippen molar-refractivity contribution in [1.82, 2.24) is 0 Å². The Labute approximate surface area is 126 Å². The molecule has 0 saturated heterocycles. The Morgan fingerprint density at radius 2 is 1.72 bits per heavy atom. The summed E-state index contributed by atoms with van der Waals surface area (Å²) in [7, 11) is 0. The Bertz CT molecular complexity index is 534. The van der Waals surface area contributed by atoms with Gasteiger partial charge in [-0.15, -0.1) is 0 Å². The van der Waals surface area contributed by atoms with E-state index < -0.39 is 0 Å². The van der Waals surface area contributed by atoms with Crippen LogP contribution in [-0.2, 0) is 0 Å². The zero-order valence-corrected chi connectivity index (χ0v) is 14.0. The van der Waals surface area contributed by atoms with Crippen molar-refractivity contribution in [1.29, 1.82) is 0 Å². The molecule has 2 aromatic rings. The maximum absolute atomic E-state index is 3.86. The van der Waals surface area contributed by atoms with Crippen molar-refractivity contribution in [2.75, 3.05) is 0 Å². The van der Waals surface area contributed by atoms with Crippen molar-refractivity contribution in [3.8, 4) is 0 Å². The normalized spacial score (nSPS) is 14.7. The number of fused-ring (bicyclic) bond motifs is 1. The van der Waals surface area contributed by atoms with E-state index in [-0.39, 0.29) is 0 Å². The first-order valence-corrected chi connectivity index (χ1v) is 8.15. The molecule has 0 spiro atoms. The minimum absolute atomic E-state index is 0.436. The largest absolute Gasteiger partial charge is 0.0838 e. The molecule has 2 unspecified atom stereocenters. The van der Waals surface area contributed by atoms with Crippen LogP contribution in [0.5, 0.6) is 0 Å². The topological polar surface area (TPSA) is 0 Å². The Morgan fingerprint density at radius 1 is 1.06 bits per heavy atom. The first kappa shape index (κ1) is 14.1. The second kappa shape index (κ2) is 6.21. The molecule has 0 nitrogen and oxygen atoms in total. The molecule has 0 bridgehead atoms. The van der Waals surface area contributed by atoms with Crippen LogP contribution in [0.3, 0.4) is 0 Å². The lowest BCUT2D eigenvalue weighted by Crippen LogP contribution is -1.99. The monoisotopic (exact) mass is 368 g/mol. The smallest absolute Gasteiger partial charge is 0.0404 e. The third-order valence-electron chi connectivity index (χ3n) is 3.55. The Hall–Kier alpha value is -0.340. The van der Waals surface area contributed by atoms with Crippen LogP contribution in [0.2, 0.25) is 0 Å². The van der Waals surface area contributed by atoms with Crippen molar-refractivity contribution in [3.05, 3.63) is 46.4 Å². The molecule has 0 fully saturated rings. The summed E-state index contributed by atoms with van der Waals surface area (Å²) in [6.07, 6.45) is 2.42. The van der Waals surface area contributed by atoms with Crippen molar-refractivity contribution in [2.24, 2.45) is 5.92 Å². The SMILES string of the molecule is CCC(C)CC(Br)c1ccc(Br)c2ccccc12. The van der Waals surface area contributed by atoms with Gasteiger partial charge >= 0.3 is 0 Å². The molecule has 2 heteroatoms. The summed E-state index contributed by atoms with van der Waals surface area (Å²) < 4.78 is 1.17. The summed E-state index contributed by atoms with van der Waals surface area (Å²) in [6, 6.07) is 13.0. The zero-order valence-electron chi connectivity index (χ0n) is 10.8. The van der Waals surface area contributed by atoms with Gasteiger partial charge in [0.1, 0.15) is 0 Å². The van der Waals surface area contributed by atoms with Gasteiger partial charge in [-0.1, -0.05) is 82.5 Å². The second-order valence-corrected chi connectivity index (χ2v) is 6.86. The van der Waals surface area contributed by atoms with Crippen molar-refractivity contribution in [2.45, 2.75) is 31.5 Å². The van der Waals surface area contributed by atoms with E-state index in [1.165, 1.54) is 33.7 Å². The molecule has 96 valence electrons. The minimum atomic E-state index is 0.436. The maximum atomic E-state index is 3.86. The fraction of sp³-hybridized carbons (Fsp3) is 0.375. The van der Waals surface area contributed by atoms with Gasteiger partial charge in [0, 0.05) is 9.30 Å². The molecule has 0 saturated carbocycles. The van der Waals surface area contributed by atoms with Gasteiger partial charge in [-0.05, 0) is 34.7 Å². The quantitative estimate of drug-likeness (QED) is 0.541. The molecule has 18 heavy (non-hydrogen) atoms. The maximum Gasteiger partial charge on any atom is 0.0404 e. The van der Waals surface area contributed by atoms with Gasteiger partial charge in [0.2, 0.25) is 0 Å². The van der Waals surface area contributed by atoms with Gasteiger partial charge in [-0.25, -0.2) is 0 Å². The number of rotatable bonds is 4. The molecule has 0 aromatic heterocycles.